The SMILES string of the molecule is C=CCNC(=O)CN1CCN(C(=O)CC(N)c2ccccc2)CC1.Cl.Cl. The summed E-state index contributed by atoms with van der Waals surface area (Å²) in [7, 11) is 0. The van der Waals surface area contributed by atoms with Crippen molar-refractivity contribution in [2.75, 3.05) is 39.3 Å². The van der Waals surface area contributed by atoms with E-state index >= 15 is 0 Å². The maximum absolute atomic E-state index is 12.4. The van der Waals surface area contributed by atoms with Crippen molar-refractivity contribution in [2.24, 2.45) is 5.73 Å². The van der Waals surface area contributed by atoms with E-state index in [-0.39, 0.29) is 42.7 Å². The van der Waals surface area contributed by atoms with Crippen molar-refractivity contribution >= 4 is 36.6 Å². The molecule has 2 rings (SSSR count). The molecule has 1 aromatic rings. The van der Waals surface area contributed by atoms with Gasteiger partial charge in [0.05, 0.1) is 6.54 Å². The summed E-state index contributed by atoms with van der Waals surface area (Å²) >= 11 is 0. The number of piperazine rings is 1. The predicted octanol–water partition coefficient (Wildman–Crippen LogP) is 1.37. The van der Waals surface area contributed by atoms with Crippen molar-refractivity contribution in [1.82, 2.24) is 15.1 Å². The van der Waals surface area contributed by atoms with Gasteiger partial charge in [0.2, 0.25) is 11.8 Å². The summed E-state index contributed by atoms with van der Waals surface area (Å²) in [5.41, 5.74) is 7.10. The highest BCUT2D eigenvalue weighted by molar-refractivity contribution is 5.85. The van der Waals surface area contributed by atoms with Gasteiger partial charge in [-0.3, -0.25) is 14.5 Å². The van der Waals surface area contributed by atoms with Crippen LogP contribution in [0.5, 0.6) is 0 Å². The van der Waals surface area contributed by atoms with E-state index in [2.05, 4.69) is 16.8 Å². The van der Waals surface area contributed by atoms with Crippen molar-refractivity contribution in [3.63, 3.8) is 0 Å². The Kier molecular flexibility index (Phi) is 11.9. The Morgan fingerprint density at radius 3 is 2.35 bits per heavy atom. The van der Waals surface area contributed by atoms with Gasteiger partial charge in [0.15, 0.2) is 0 Å². The van der Waals surface area contributed by atoms with Crippen LogP contribution in [0.25, 0.3) is 0 Å². The summed E-state index contributed by atoms with van der Waals surface area (Å²) in [4.78, 5) is 28.0. The summed E-state index contributed by atoms with van der Waals surface area (Å²) in [5.74, 6) is 0.0582. The molecule has 1 saturated heterocycles. The average molecular weight is 403 g/mol. The summed E-state index contributed by atoms with van der Waals surface area (Å²) < 4.78 is 0. The minimum atomic E-state index is -0.276. The fourth-order valence-electron chi connectivity index (χ4n) is 2.74. The molecule has 0 radical (unpaired) electrons. The highest BCUT2D eigenvalue weighted by Gasteiger charge is 2.23. The minimum absolute atomic E-state index is 0. The van der Waals surface area contributed by atoms with Gasteiger partial charge in [-0.15, -0.1) is 31.4 Å². The Morgan fingerprint density at radius 1 is 1.15 bits per heavy atom. The molecule has 1 atom stereocenters. The molecule has 146 valence electrons. The van der Waals surface area contributed by atoms with Crippen LogP contribution in [0.2, 0.25) is 0 Å². The molecule has 1 unspecified atom stereocenters. The minimum Gasteiger partial charge on any atom is -0.352 e. The van der Waals surface area contributed by atoms with E-state index in [0.29, 0.717) is 45.7 Å². The Morgan fingerprint density at radius 2 is 1.77 bits per heavy atom. The van der Waals surface area contributed by atoms with E-state index in [0.717, 1.165) is 5.56 Å². The van der Waals surface area contributed by atoms with Crippen LogP contribution in [0.1, 0.15) is 18.0 Å². The highest BCUT2D eigenvalue weighted by Crippen LogP contribution is 2.15. The lowest BCUT2D eigenvalue weighted by atomic mass is 10.0. The smallest absolute Gasteiger partial charge is 0.234 e. The lowest BCUT2D eigenvalue weighted by Crippen LogP contribution is -2.51. The van der Waals surface area contributed by atoms with E-state index in [9.17, 15) is 9.59 Å². The number of carbonyl (C=O) groups excluding carboxylic acids is 2. The van der Waals surface area contributed by atoms with E-state index in [1.165, 1.54) is 0 Å². The predicted molar refractivity (Wildman–Crippen MR) is 109 cm³/mol. The van der Waals surface area contributed by atoms with Crippen LogP contribution < -0.4 is 11.1 Å². The molecule has 2 amide bonds. The molecular formula is C18H28Cl2N4O2. The second kappa shape index (κ2) is 12.7. The van der Waals surface area contributed by atoms with Crippen molar-refractivity contribution in [3.05, 3.63) is 48.6 Å². The summed E-state index contributed by atoms with van der Waals surface area (Å²) in [6.07, 6.45) is 1.97. The Balaban J connectivity index is 0.00000312. The molecule has 26 heavy (non-hydrogen) atoms. The van der Waals surface area contributed by atoms with Crippen molar-refractivity contribution in [1.29, 1.82) is 0 Å². The number of amides is 2. The van der Waals surface area contributed by atoms with Crippen LogP contribution in [0, 0.1) is 0 Å². The molecule has 1 heterocycles. The quantitative estimate of drug-likeness (QED) is 0.674. The van der Waals surface area contributed by atoms with E-state index < -0.39 is 0 Å². The number of nitrogens with zero attached hydrogens (tertiary/aromatic N) is 2. The molecule has 8 heteroatoms. The van der Waals surface area contributed by atoms with Crippen LogP contribution in [-0.4, -0.2) is 60.9 Å². The number of rotatable bonds is 7. The third-order valence-corrected chi connectivity index (χ3v) is 4.16. The zero-order valence-electron chi connectivity index (χ0n) is 14.8. The van der Waals surface area contributed by atoms with E-state index in [1.807, 2.05) is 35.2 Å². The van der Waals surface area contributed by atoms with Crippen molar-refractivity contribution < 1.29 is 9.59 Å². The van der Waals surface area contributed by atoms with Crippen molar-refractivity contribution in [2.45, 2.75) is 12.5 Å². The average Bonchev–Trinajstić information content (AvgIpc) is 2.61. The molecule has 0 aliphatic carbocycles. The first-order valence-corrected chi connectivity index (χ1v) is 8.28. The number of nitrogens with one attached hydrogen (secondary N) is 1. The lowest BCUT2D eigenvalue weighted by Gasteiger charge is -2.34. The molecule has 1 fully saturated rings. The monoisotopic (exact) mass is 402 g/mol. The van der Waals surface area contributed by atoms with Crippen molar-refractivity contribution in [3.8, 4) is 0 Å². The molecule has 1 aliphatic rings. The molecule has 0 spiro atoms. The van der Waals surface area contributed by atoms with Crippen LogP contribution in [0.3, 0.4) is 0 Å². The number of hydrogen-bond donors (Lipinski definition) is 2. The number of nitrogens with two attached hydrogens (primary N) is 1. The first-order chi connectivity index (χ1) is 11.6. The molecule has 3 N–H and O–H groups in total. The molecule has 0 bridgehead atoms. The number of carbonyl (C=O) groups is 2. The summed E-state index contributed by atoms with van der Waals surface area (Å²) in [6.45, 7) is 7.09. The molecule has 0 aromatic heterocycles. The van der Waals surface area contributed by atoms with Gasteiger partial charge < -0.3 is 16.0 Å². The zero-order chi connectivity index (χ0) is 17.4. The first-order valence-electron chi connectivity index (χ1n) is 8.28. The summed E-state index contributed by atoms with van der Waals surface area (Å²) in [6, 6.07) is 9.39. The Hall–Kier alpha value is -1.60. The fourth-order valence-corrected chi connectivity index (χ4v) is 2.74. The number of benzene rings is 1. The molecule has 1 aromatic carbocycles. The van der Waals surface area contributed by atoms with Gasteiger partial charge in [-0.2, -0.15) is 0 Å². The van der Waals surface area contributed by atoms with Gasteiger partial charge in [-0.05, 0) is 5.56 Å². The van der Waals surface area contributed by atoms with E-state index in [4.69, 9.17) is 5.73 Å². The van der Waals surface area contributed by atoms with Crippen LogP contribution >= 0.6 is 24.8 Å². The fraction of sp³-hybridized carbons (Fsp3) is 0.444. The van der Waals surface area contributed by atoms with Gasteiger partial charge in [-0.25, -0.2) is 0 Å². The van der Waals surface area contributed by atoms with Crippen LogP contribution in [0.4, 0.5) is 0 Å². The first kappa shape index (κ1) is 24.4. The molecule has 0 saturated carbocycles. The van der Waals surface area contributed by atoms with Gasteiger partial charge in [0.1, 0.15) is 0 Å². The van der Waals surface area contributed by atoms with Crippen LogP contribution in [0.15, 0.2) is 43.0 Å². The van der Waals surface area contributed by atoms with Gasteiger partial charge in [-0.1, -0.05) is 36.4 Å². The summed E-state index contributed by atoms with van der Waals surface area (Å²) in [5, 5.41) is 2.76. The van der Waals surface area contributed by atoms with Crippen LogP contribution in [-0.2, 0) is 9.59 Å². The molecule has 6 nitrogen and oxygen atoms in total. The van der Waals surface area contributed by atoms with Gasteiger partial charge in [0, 0.05) is 45.2 Å². The zero-order valence-corrected chi connectivity index (χ0v) is 16.4. The lowest BCUT2D eigenvalue weighted by molar-refractivity contribution is -0.133. The maximum atomic E-state index is 12.4. The Labute approximate surface area is 167 Å². The van der Waals surface area contributed by atoms with Gasteiger partial charge >= 0.3 is 0 Å². The Bertz CT molecular complexity index is 564. The topological polar surface area (TPSA) is 78.7 Å². The maximum Gasteiger partial charge on any atom is 0.234 e. The second-order valence-electron chi connectivity index (χ2n) is 5.97. The largest absolute Gasteiger partial charge is 0.352 e. The van der Waals surface area contributed by atoms with Gasteiger partial charge in [0.25, 0.3) is 0 Å². The molecule has 1 aliphatic heterocycles. The standard InChI is InChI=1S/C18H26N4O2.2ClH/c1-2-8-20-17(23)14-21-9-11-22(12-10-21)18(24)13-16(19)15-6-4-3-5-7-15;;/h2-7,16H,1,8-14,19H2,(H,20,23);2*1H. The molecular weight excluding hydrogens is 375 g/mol. The number of hydrogen-bond acceptors (Lipinski definition) is 4. The second-order valence-corrected chi connectivity index (χ2v) is 5.97. The number of halogens is 2. The highest BCUT2D eigenvalue weighted by atomic mass is 35.5. The third-order valence-electron chi connectivity index (χ3n) is 4.16. The van der Waals surface area contributed by atoms with E-state index in [1.54, 1.807) is 6.08 Å². The third kappa shape index (κ3) is 7.74. The normalized spacial score (nSPS) is 15.2.